The zero-order valence-electron chi connectivity index (χ0n) is 11.3. The van der Waals surface area contributed by atoms with Gasteiger partial charge < -0.3 is 15.5 Å². The summed E-state index contributed by atoms with van der Waals surface area (Å²) in [6.45, 7) is 8.29. The van der Waals surface area contributed by atoms with Crippen molar-refractivity contribution >= 4 is 6.03 Å². The van der Waals surface area contributed by atoms with Crippen molar-refractivity contribution < 1.29 is 4.79 Å². The predicted molar refractivity (Wildman–Crippen MR) is 69.0 cm³/mol. The van der Waals surface area contributed by atoms with E-state index in [0.717, 1.165) is 32.0 Å². The minimum Gasteiger partial charge on any atom is -0.335 e. The van der Waals surface area contributed by atoms with Crippen LogP contribution < -0.4 is 10.6 Å². The first-order valence-corrected chi connectivity index (χ1v) is 6.77. The van der Waals surface area contributed by atoms with Gasteiger partial charge in [-0.05, 0) is 46.5 Å². The minimum atomic E-state index is -0.154. The molecule has 0 unspecified atom stereocenters. The van der Waals surface area contributed by atoms with Gasteiger partial charge in [-0.2, -0.15) is 0 Å². The molecule has 2 fully saturated rings. The molecule has 1 aliphatic heterocycles. The van der Waals surface area contributed by atoms with Crippen LogP contribution in [0.25, 0.3) is 0 Å². The van der Waals surface area contributed by atoms with Gasteiger partial charge in [-0.1, -0.05) is 0 Å². The van der Waals surface area contributed by atoms with Gasteiger partial charge in [0, 0.05) is 30.7 Å². The molecule has 1 heterocycles. The molecule has 98 valence electrons. The highest BCUT2D eigenvalue weighted by Crippen LogP contribution is 2.29. The number of likely N-dealkylation sites (tertiary alicyclic amines) is 1. The van der Waals surface area contributed by atoms with E-state index in [1.807, 2.05) is 20.8 Å². The van der Waals surface area contributed by atoms with Crippen molar-refractivity contribution in [3.63, 3.8) is 0 Å². The van der Waals surface area contributed by atoms with Crippen LogP contribution >= 0.6 is 0 Å². The summed E-state index contributed by atoms with van der Waals surface area (Å²) in [5.74, 6) is 0. The van der Waals surface area contributed by atoms with E-state index >= 15 is 0 Å². The molecule has 1 aliphatic carbocycles. The standard InChI is InChI=1S/C13H25N3O/c1-13(2,3)15-12(17)14-10-6-8-16(9-7-10)11-4-5-11/h10-11H,4-9H2,1-3H3,(H2,14,15,17). The molecule has 1 saturated carbocycles. The summed E-state index contributed by atoms with van der Waals surface area (Å²) in [4.78, 5) is 14.3. The van der Waals surface area contributed by atoms with Crippen LogP contribution in [0.3, 0.4) is 0 Å². The van der Waals surface area contributed by atoms with E-state index in [0.29, 0.717) is 6.04 Å². The van der Waals surface area contributed by atoms with Crippen molar-refractivity contribution in [1.82, 2.24) is 15.5 Å². The Bertz CT molecular complexity index is 273. The molecule has 0 aromatic carbocycles. The van der Waals surface area contributed by atoms with Crippen molar-refractivity contribution in [3.05, 3.63) is 0 Å². The number of carbonyl (C=O) groups excluding carboxylic acids is 1. The highest BCUT2D eigenvalue weighted by Gasteiger charge is 2.32. The Balaban J connectivity index is 1.68. The lowest BCUT2D eigenvalue weighted by atomic mass is 10.0. The van der Waals surface area contributed by atoms with Crippen LogP contribution in [-0.4, -0.2) is 41.6 Å². The second-order valence-corrected chi connectivity index (χ2v) is 6.39. The maximum Gasteiger partial charge on any atom is 0.315 e. The summed E-state index contributed by atoms with van der Waals surface area (Å²) < 4.78 is 0. The molecule has 17 heavy (non-hydrogen) atoms. The number of piperidine rings is 1. The third kappa shape index (κ3) is 4.19. The van der Waals surface area contributed by atoms with Gasteiger partial charge in [0.1, 0.15) is 0 Å². The smallest absolute Gasteiger partial charge is 0.315 e. The van der Waals surface area contributed by atoms with Gasteiger partial charge in [-0.3, -0.25) is 0 Å². The zero-order chi connectivity index (χ0) is 12.5. The van der Waals surface area contributed by atoms with Crippen LogP contribution in [0.5, 0.6) is 0 Å². The van der Waals surface area contributed by atoms with Crippen LogP contribution in [0.4, 0.5) is 4.79 Å². The molecular weight excluding hydrogens is 214 g/mol. The van der Waals surface area contributed by atoms with Crippen molar-refractivity contribution in [1.29, 1.82) is 0 Å². The van der Waals surface area contributed by atoms with E-state index in [2.05, 4.69) is 15.5 Å². The number of nitrogens with one attached hydrogen (secondary N) is 2. The Morgan fingerprint density at radius 2 is 1.71 bits per heavy atom. The third-order valence-corrected chi connectivity index (χ3v) is 3.42. The van der Waals surface area contributed by atoms with Gasteiger partial charge in [-0.15, -0.1) is 0 Å². The van der Waals surface area contributed by atoms with Gasteiger partial charge >= 0.3 is 6.03 Å². The van der Waals surface area contributed by atoms with Crippen molar-refractivity contribution in [2.24, 2.45) is 0 Å². The fraction of sp³-hybridized carbons (Fsp3) is 0.923. The second-order valence-electron chi connectivity index (χ2n) is 6.39. The summed E-state index contributed by atoms with van der Waals surface area (Å²) in [5.41, 5.74) is -0.154. The summed E-state index contributed by atoms with van der Waals surface area (Å²) >= 11 is 0. The fourth-order valence-corrected chi connectivity index (χ4v) is 2.41. The molecule has 0 atom stereocenters. The van der Waals surface area contributed by atoms with Gasteiger partial charge in [0.15, 0.2) is 0 Å². The number of hydrogen-bond donors (Lipinski definition) is 2. The molecule has 2 aliphatic rings. The van der Waals surface area contributed by atoms with E-state index in [4.69, 9.17) is 0 Å². The first-order valence-electron chi connectivity index (χ1n) is 6.77. The number of urea groups is 1. The maximum absolute atomic E-state index is 11.7. The van der Waals surface area contributed by atoms with Gasteiger partial charge in [0.2, 0.25) is 0 Å². The molecule has 0 bridgehead atoms. The Kier molecular flexibility index (Phi) is 3.61. The van der Waals surface area contributed by atoms with Crippen molar-refractivity contribution in [2.75, 3.05) is 13.1 Å². The summed E-state index contributed by atoms with van der Waals surface area (Å²) in [5, 5.41) is 6.03. The molecule has 2 rings (SSSR count). The third-order valence-electron chi connectivity index (χ3n) is 3.42. The molecule has 2 amide bonds. The lowest BCUT2D eigenvalue weighted by Crippen LogP contribution is -2.52. The van der Waals surface area contributed by atoms with E-state index in [1.54, 1.807) is 0 Å². The molecule has 1 saturated heterocycles. The highest BCUT2D eigenvalue weighted by atomic mass is 16.2. The molecule has 0 radical (unpaired) electrons. The topological polar surface area (TPSA) is 44.4 Å². The highest BCUT2D eigenvalue weighted by molar-refractivity contribution is 5.74. The minimum absolute atomic E-state index is 0.0256. The van der Waals surface area contributed by atoms with Gasteiger partial charge in [0.05, 0.1) is 0 Å². The fourth-order valence-electron chi connectivity index (χ4n) is 2.41. The van der Waals surface area contributed by atoms with E-state index in [1.165, 1.54) is 12.8 Å². The lowest BCUT2D eigenvalue weighted by Gasteiger charge is -2.33. The van der Waals surface area contributed by atoms with Crippen molar-refractivity contribution in [2.45, 2.75) is 64.1 Å². The molecule has 2 N–H and O–H groups in total. The predicted octanol–water partition coefficient (Wildman–Crippen LogP) is 1.71. The van der Waals surface area contributed by atoms with E-state index in [9.17, 15) is 4.79 Å². The van der Waals surface area contributed by atoms with Crippen LogP contribution in [0.15, 0.2) is 0 Å². The van der Waals surface area contributed by atoms with E-state index in [-0.39, 0.29) is 11.6 Å². The average molecular weight is 239 g/mol. The molecule has 0 aromatic heterocycles. The lowest BCUT2D eigenvalue weighted by molar-refractivity contribution is 0.183. The SMILES string of the molecule is CC(C)(C)NC(=O)NC1CCN(C2CC2)CC1. The van der Waals surface area contributed by atoms with Crippen LogP contribution in [-0.2, 0) is 0 Å². The number of rotatable bonds is 2. The number of carbonyl (C=O) groups is 1. The van der Waals surface area contributed by atoms with Crippen LogP contribution in [0.1, 0.15) is 46.5 Å². The number of hydrogen-bond acceptors (Lipinski definition) is 2. The monoisotopic (exact) mass is 239 g/mol. The summed E-state index contributed by atoms with van der Waals surface area (Å²) in [6.07, 6.45) is 4.94. The molecular formula is C13H25N3O. The largest absolute Gasteiger partial charge is 0.335 e. The number of amides is 2. The zero-order valence-corrected chi connectivity index (χ0v) is 11.3. The van der Waals surface area contributed by atoms with Gasteiger partial charge in [-0.25, -0.2) is 4.79 Å². The quantitative estimate of drug-likeness (QED) is 0.770. The van der Waals surface area contributed by atoms with Gasteiger partial charge in [0.25, 0.3) is 0 Å². The van der Waals surface area contributed by atoms with Crippen LogP contribution in [0.2, 0.25) is 0 Å². The maximum atomic E-state index is 11.7. The molecule has 0 spiro atoms. The van der Waals surface area contributed by atoms with E-state index < -0.39 is 0 Å². The summed E-state index contributed by atoms with van der Waals surface area (Å²) in [7, 11) is 0. The summed E-state index contributed by atoms with van der Waals surface area (Å²) in [6, 6.07) is 1.19. The molecule has 4 nitrogen and oxygen atoms in total. The number of nitrogens with zero attached hydrogens (tertiary/aromatic N) is 1. The second kappa shape index (κ2) is 4.84. The Hall–Kier alpha value is -0.770. The Morgan fingerprint density at radius 3 is 2.18 bits per heavy atom. The Labute approximate surface area is 104 Å². The molecule has 4 heteroatoms. The van der Waals surface area contributed by atoms with Crippen LogP contribution in [0, 0.1) is 0 Å². The Morgan fingerprint density at radius 1 is 1.12 bits per heavy atom. The molecule has 0 aromatic rings. The van der Waals surface area contributed by atoms with Crippen molar-refractivity contribution in [3.8, 4) is 0 Å². The first kappa shape index (κ1) is 12.7. The average Bonchev–Trinajstić information content (AvgIpc) is 2.99. The first-order chi connectivity index (χ1) is 7.94. The normalized spacial score (nSPS) is 23.5.